The first kappa shape index (κ1) is 34.3. The van der Waals surface area contributed by atoms with E-state index in [0.29, 0.717) is 27.4 Å². The summed E-state index contributed by atoms with van der Waals surface area (Å²) in [5, 5.41) is 25.4. The van der Waals surface area contributed by atoms with Crippen molar-refractivity contribution in [2.75, 3.05) is 17.2 Å². The van der Waals surface area contributed by atoms with Gasteiger partial charge in [0, 0.05) is 22.9 Å². The van der Waals surface area contributed by atoms with Crippen LogP contribution in [0.4, 0.5) is 10.3 Å². The monoisotopic (exact) mass is 701 g/mol. The Bertz CT molecular complexity index is 2020. The highest BCUT2D eigenvalue weighted by Crippen LogP contribution is 2.27. The zero-order valence-electron chi connectivity index (χ0n) is 25.6. The molecule has 15 nitrogen and oxygen atoms in total. The minimum atomic E-state index is -0.781. The Morgan fingerprint density at radius 2 is 1.20 bits per heavy atom. The maximum atomic E-state index is 12.1. The molecule has 2 aromatic carbocycles. The molecule has 0 saturated carbocycles. The van der Waals surface area contributed by atoms with Gasteiger partial charge < -0.3 is 24.4 Å². The Labute approximate surface area is 285 Å². The van der Waals surface area contributed by atoms with Crippen LogP contribution in [0, 0.1) is 0 Å². The average Bonchev–Trinajstić information content (AvgIpc) is 3.93. The molecule has 0 radical (unpaired) electrons. The van der Waals surface area contributed by atoms with Crippen molar-refractivity contribution < 1.29 is 38.2 Å². The molecule has 0 unspecified atom stereocenters. The summed E-state index contributed by atoms with van der Waals surface area (Å²) in [6.45, 7) is 1.97. The Morgan fingerprint density at radius 3 is 1.67 bits per heavy atom. The number of rotatable bonds is 11. The number of carbonyl (C=O) groups is 4. The van der Waals surface area contributed by atoms with Crippen LogP contribution in [0.25, 0.3) is 22.9 Å². The number of carbonyl (C=O) groups excluding carboxylic acids is 4. The smallest absolute Gasteiger partial charge is 0.360 e. The molecule has 49 heavy (non-hydrogen) atoms. The lowest BCUT2D eigenvalue weighted by atomic mass is 10.1. The second-order valence-corrected chi connectivity index (χ2v) is 11.5. The zero-order valence-corrected chi connectivity index (χ0v) is 27.2. The first-order valence-electron chi connectivity index (χ1n) is 14.5. The van der Waals surface area contributed by atoms with Gasteiger partial charge >= 0.3 is 5.97 Å². The molecular weight excluding hydrogens is 675 g/mol. The lowest BCUT2D eigenvalue weighted by molar-refractivity contribution is -0.116. The molecule has 4 heterocycles. The Hall–Kier alpha value is -6.04. The van der Waals surface area contributed by atoms with Crippen LogP contribution < -0.4 is 16.1 Å². The van der Waals surface area contributed by atoms with Gasteiger partial charge in [0.1, 0.15) is 11.4 Å². The van der Waals surface area contributed by atoms with Crippen molar-refractivity contribution in [2.24, 2.45) is 0 Å². The first-order valence-corrected chi connectivity index (χ1v) is 16.2. The fraction of sp³-hybridized carbons (Fsp3) is 0.125. The summed E-state index contributed by atoms with van der Waals surface area (Å²) in [5.74, 6) is -1.08. The van der Waals surface area contributed by atoms with Gasteiger partial charge in [0.25, 0.3) is 5.91 Å². The van der Waals surface area contributed by atoms with E-state index in [1.807, 2.05) is 60.7 Å². The van der Waals surface area contributed by atoms with Gasteiger partial charge in [-0.25, -0.2) is 20.2 Å². The average molecular weight is 702 g/mol. The van der Waals surface area contributed by atoms with Gasteiger partial charge in [-0.3, -0.25) is 19.6 Å². The molecule has 0 aliphatic carbocycles. The third-order valence-corrected chi connectivity index (χ3v) is 7.78. The van der Waals surface area contributed by atoms with Crippen molar-refractivity contribution in [3.05, 3.63) is 106 Å². The van der Waals surface area contributed by atoms with Crippen LogP contribution in [-0.2, 0) is 27.2 Å². The van der Waals surface area contributed by atoms with E-state index in [9.17, 15) is 19.2 Å². The third-order valence-electron chi connectivity index (χ3n) is 6.26. The van der Waals surface area contributed by atoms with E-state index in [1.54, 1.807) is 17.7 Å². The van der Waals surface area contributed by atoms with E-state index in [0.717, 1.165) is 11.1 Å². The molecular formula is C32H27N7O8S2. The molecule has 4 N–H and O–H groups in total. The highest BCUT2D eigenvalue weighted by molar-refractivity contribution is 7.14. The molecule has 6 rings (SSSR count). The van der Waals surface area contributed by atoms with Crippen molar-refractivity contribution in [2.45, 2.75) is 19.8 Å². The lowest BCUT2D eigenvalue weighted by Gasteiger charge is -2.01. The number of amides is 3. The topological polar surface area (TPSA) is 212 Å². The Morgan fingerprint density at radius 1 is 0.735 bits per heavy atom. The summed E-state index contributed by atoms with van der Waals surface area (Å²) in [7, 11) is 0. The van der Waals surface area contributed by atoms with Crippen molar-refractivity contribution in [1.82, 2.24) is 25.8 Å². The predicted molar refractivity (Wildman–Crippen MR) is 178 cm³/mol. The number of ether oxygens (including phenoxy) is 1. The molecule has 0 fully saturated rings. The van der Waals surface area contributed by atoms with E-state index < -0.39 is 11.9 Å². The van der Waals surface area contributed by atoms with E-state index in [-0.39, 0.29) is 48.4 Å². The van der Waals surface area contributed by atoms with Crippen LogP contribution in [-0.4, -0.2) is 55.8 Å². The van der Waals surface area contributed by atoms with Crippen LogP contribution in [0.3, 0.4) is 0 Å². The maximum absolute atomic E-state index is 12.1. The molecule has 0 aliphatic heterocycles. The largest absolute Gasteiger partial charge is 0.461 e. The van der Waals surface area contributed by atoms with Gasteiger partial charge in [-0.15, -0.1) is 22.7 Å². The van der Waals surface area contributed by atoms with Gasteiger partial charge in [0.05, 0.1) is 19.4 Å². The van der Waals surface area contributed by atoms with Crippen molar-refractivity contribution in [1.29, 1.82) is 0 Å². The number of anilines is 2. The molecule has 17 heteroatoms. The van der Waals surface area contributed by atoms with Crippen LogP contribution in [0.2, 0.25) is 0 Å². The van der Waals surface area contributed by atoms with Gasteiger partial charge in [-0.1, -0.05) is 71.0 Å². The normalized spacial score (nSPS) is 10.4. The Balaban J connectivity index is 0.000000191. The molecule has 3 amide bonds. The Kier molecular flexibility index (Phi) is 11.7. The summed E-state index contributed by atoms with van der Waals surface area (Å²) in [6.07, 6.45) is 0.518. The molecule has 0 saturated heterocycles. The molecule has 0 aliphatic rings. The maximum Gasteiger partial charge on any atom is 0.360 e. The molecule has 0 spiro atoms. The van der Waals surface area contributed by atoms with Crippen molar-refractivity contribution in [3.8, 4) is 22.9 Å². The van der Waals surface area contributed by atoms with Crippen LogP contribution in [0.15, 0.2) is 92.6 Å². The highest BCUT2D eigenvalue weighted by Gasteiger charge is 2.18. The SMILES string of the molecule is CCOC(=O)c1cc(-c2csc(NC(=O)Cc3ccccc3)n2)on1.O=C(Cc1ccccc1)Nc1nc(-c2cc(C(=O)NO)no2)cs1. The predicted octanol–water partition coefficient (Wildman–Crippen LogP) is 5.25. The minimum Gasteiger partial charge on any atom is -0.461 e. The van der Waals surface area contributed by atoms with Gasteiger partial charge in [0.15, 0.2) is 33.2 Å². The lowest BCUT2D eigenvalue weighted by Crippen LogP contribution is -2.18. The number of hydrogen-bond acceptors (Lipinski definition) is 14. The fourth-order valence-corrected chi connectivity index (χ4v) is 5.47. The number of thiazole rings is 2. The van der Waals surface area contributed by atoms with Crippen molar-refractivity contribution in [3.63, 3.8) is 0 Å². The van der Waals surface area contributed by atoms with E-state index >= 15 is 0 Å². The number of hydroxylamine groups is 1. The van der Waals surface area contributed by atoms with Crippen LogP contribution >= 0.6 is 22.7 Å². The second-order valence-electron chi connectivity index (χ2n) is 9.81. The molecule has 250 valence electrons. The van der Waals surface area contributed by atoms with E-state index in [1.165, 1.54) is 40.3 Å². The highest BCUT2D eigenvalue weighted by atomic mass is 32.1. The first-order chi connectivity index (χ1) is 23.8. The zero-order chi connectivity index (χ0) is 34.6. The second kappa shape index (κ2) is 16.7. The molecule has 4 aromatic heterocycles. The third kappa shape index (κ3) is 9.74. The number of hydrogen-bond donors (Lipinski definition) is 4. The van der Waals surface area contributed by atoms with Gasteiger partial charge in [-0.05, 0) is 18.1 Å². The standard InChI is InChI=1S/C17H15N3O4S.C15H12N4O4S/c1-2-23-16(22)12-9-14(24-20-12)13-10-25-17(18-13)19-15(21)8-11-6-4-3-5-7-11;20-13(6-9-4-2-1-3-5-9)17-15-16-11(8-24-15)12-7-10(19-23-12)14(21)18-22/h3-7,9-10H,2,8H2,1H3,(H,18,19,21);1-5,7-8,22H,6H2,(H,18,21)(H,16,17,20). The van der Waals surface area contributed by atoms with Gasteiger partial charge in [0.2, 0.25) is 11.8 Å². The number of benzene rings is 2. The van der Waals surface area contributed by atoms with Gasteiger partial charge in [-0.2, -0.15) is 0 Å². The minimum absolute atomic E-state index is 0.0739. The van der Waals surface area contributed by atoms with Crippen LogP contribution in [0.1, 0.15) is 39.0 Å². The number of esters is 1. The number of nitrogens with one attached hydrogen (secondary N) is 3. The molecule has 0 atom stereocenters. The number of aromatic nitrogens is 4. The quantitative estimate of drug-likeness (QED) is 0.0775. The van der Waals surface area contributed by atoms with E-state index in [4.69, 9.17) is 19.0 Å². The molecule has 6 aromatic rings. The summed E-state index contributed by atoms with van der Waals surface area (Å²) in [6, 6.07) is 21.6. The summed E-state index contributed by atoms with van der Waals surface area (Å²) >= 11 is 2.49. The summed E-state index contributed by atoms with van der Waals surface area (Å²) < 4.78 is 15.0. The molecule has 0 bridgehead atoms. The summed E-state index contributed by atoms with van der Waals surface area (Å²) in [4.78, 5) is 55.4. The van der Waals surface area contributed by atoms with Crippen molar-refractivity contribution >= 4 is 56.6 Å². The van der Waals surface area contributed by atoms with Crippen LogP contribution in [0.5, 0.6) is 0 Å². The summed E-state index contributed by atoms with van der Waals surface area (Å²) in [5.41, 5.74) is 4.22. The van der Waals surface area contributed by atoms with E-state index in [2.05, 4.69) is 30.9 Å². The number of nitrogens with zero attached hydrogens (tertiary/aromatic N) is 4. The fourth-order valence-electron chi connectivity index (χ4n) is 4.04.